The summed E-state index contributed by atoms with van der Waals surface area (Å²) < 4.78 is 60.0. The molecule has 0 radical (unpaired) electrons. The van der Waals surface area contributed by atoms with E-state index < -0.39 is 57.8 Å². The first-order valence-corrected chi connectivity index (χ1v) is 6.21. The van der Waals surface area contributed by atoms with Crippen LogP contribution in [0.25, 0.3) is 0 Å². The Morgan fingerprint density at radius 2 is 2.14 bits per heavy atom. The lowest BCUT2D eigenvalue weighted by Gasteiger charge is -2.32. The molecule has 10 heteroatoms. The maximum atomic E-state index is 14.1. The molecule has 6 nitrogen and oxygen atoms in total. The second-order valence-corrected chi connectivity index (χ2v) is 5.12. The van der Waals surface area contributed by atoms with Gasteiger partial charge in [0, 0.05) is 17.5 Å². The average molecular weight is 319 g/mol. The van der Waals surface area contributed by atoms with Crippen molar-refractivity contribution in [3.05, 3.63) is 39.4 Å². The minimum Gasteiger partial charge on any atom is -0.462 e. The molecule has 0 amide bonds. The maximum absolute atomic E-state index is 14.1. The first-order chi connectivity index (χ1) is 10.3. The van der Waals surface area contributed by atoms with Gasteiger partial charge in [-0.2, -0.15) is 0 Å². The highest BCUT2D eigenvalue weighted by Crippen LogP contribution is 2.56. The molecule has 118 valence electrons. The molecule has 1 aliphatic heterocycles. The Bertz CT molecular complexity index is 696. The Morgan fingerprint density at radius 1 is 1.45 bits per heavy atom. The van der Waals surface area contributed by atoms with Crippen LogP contribution in [0.1, 0.15) is 12.0 Å². The van der Waals surface area contributed by atoms with Crippen molar-refractivity contribution in [2.45, 2.75) is 24.5 Å². The minimum atomic E-state index is -3.24. The molecule has 3 rings (SSSR count). The molecular weight excluding hydrogens is 310 g/mol. The van der Waals surface area contributed by atoms with Crippen LogP contribution in [-0.2, 0) is 10.3 Å². The molecule has 1 aliphatic carbocycles. The van der Waals surface area contributed by atoms with Crippen LogP contribution in [0.5, 0.6) is 0 Å². The molecule has 0 bridgehead atoms. The first-order valence-electron chi connectivity index (χ1n) is 6.21. The normalized spacial score (nSPS) is 29.6. The van der Waals surface area contributed by atoms with Crippen molar-refractivity contribution in [3.63, 3.8) is 0 Å². The largest absolute Gasteiger partial charge is 0.462 e. The number of fused-ring (bicyclic) bond motifs is 1. The van der Waals surface area contributed by atoms with Gasteiger partial charge in [0.25, 0.3) is 18.1 Å². The highest BCUT2D eigenvalue weighted by Gasteiger charge is 2.64. The number of hydrogen-bond acceptors (Lipinski definition) is 5. The highest BCUT2D eigenvalue weighted by atomic mass is 19.3. The van der Waals surface area contributed by atoms with Gasteiger partial charge in [0.2, 0.25) is 0 Å². The van der Waals surface area contributed by atoms with Crippen molar-refractivity contribution in [1.29, 1.82) is 0 Å². The molecule has 3 atom stereocenters. The summed E-state index contributed by atoms with van der Waals surface area (Å²) in [4.78, 5) is 13.3. The van der Waals surface area contributed by atoms with Crippen LogP contribution in [0.4, 0.5) is 23.2 Å². The summed E-state index contributed by atoms with van der Waals surface area (Å²) in [5.74, 6) is -4.12. The molecule has 1 unspecified atom stereocenters. The third-order valence-electron chi connectivity index (χ3n) is 3.85. The van der Waals surface area contributed by atoms with E-state index in [-0.39, 0.29) is 6.42 Å². The zero-order valence-corrected chi connectivity index (χ0v) is 10.8. The smallest absolute Gasteiger partial charge is 0.283 e. The van der Waals surface area contributed by atoms with Crippen LogP contribution in [0, 0.1) is 27.7 Å². The second-order valence-electron chi connectivity index (χ2n) is 5.12. The number of nitro benzene ring substituents is 1. The summed E-state index contributed by atoms with van der Waals surface area (Å²) in [5.41, 5.74) is 1.13. The molecule has 2 aliphatic rings. The number of non-ortho nitro benzene ring substituents is 1. The number of nitro groups is 1. The van der Waals surface area contributed by atoms with E-state index in [9.17, 15) is 27.7 Å². The second kappa shape index (κ2) is 4.55. The number of nitrogens with zero attached hydrogens (tertiary/aromatic N) is 2. The number of amidine groups is 1. The van der Waals surface area contributed by atoms with Gasteiger partial charge in [0.15, 0.2) is 17.2 Å². The fourth-order valence-corrected chi connectivity index (χ4v) is 2.77. The lowest BCUT2D eigenvalue weighted by Crippen LogP contribution is -2.43. The van der Waals surface area contributed by atoms with E-state index in [1.807, 2.05) is 0 Å². The summed E-state index contributed by atoms with van der Waals surface area (Å²) in [5, 5.41) is 10.8. The molecular formula is C12H9F4N3O3. The van der Waals surface area contributed by atoms with E-state index >= 15 is 0 Å². The van der Waals surface area contributed by atoms with Gasteiger partial charge in [0.1, 0.15) is 6.10 Å². The van der Waals surface area contributed by atoms with Crippen molar-refractivity contribution in [2.24, 2.45) is 16.6 Å². The van der Waals surface area contributed by atoms with E-state index in [2.05, 4.69) is 4.99 Å². The highest BCUT2D eigenvalue weighted by molar-refractivity contribution is 5.74. The lowest BCUT2D eigenvalue weighted by atomic mass is 9.84. The summed E-state index contributed by atoms with van der Waals surface area (Å²) in [6, 6.07) is 0.321. The van der Waals surface area contributed by atoms with Crippen LogP contribution in [0.3, 0.4) is 0 Å². The molecule has 2 N–H and O–H groups in total. The molecule has 22 heavy (non-hydrogen) atoms. The summed E-state index contributed by atoms with van der Waals surface area (Å²) >= 11 is 0. The number of alkyl halides is 2. The number of aliphatic imine (C=N–C) groups is 1. The van der Waals surface area contributed by atoms with Crippen molar-refractivity contribution >= 4 is 11.7 Å². The number of hydrogen-bond donors (Lipinski definition) is 1. The quantitative estimate of drug-likeness (QED) is 0.524. The molecule has 1 aromatic rings. The van der Waals surface area contributed by atoms with Crippen LogP contribution in [0.2, 0.25) is 0 Å². The van der Waals surface area contributed by atoms with Gasteiger partial charge in [-0.05, 0) is 6.42 Å². The topological polar surface area (TPSA) is 90.8 Å². The van der Waals surface area contributed by atoms with Gasteiger partial charge in [-0.25, -0.2) is 22.6 Å². The fraction of sp³-hybridized carbons (Fsp3) is 0.417. The Morgan fingerprint density at radius 3 is 2.73 bits per heavy atom. The molecule has 1 fully saturated rings. The van der Waals surface area contributed by atoms with Gasteiger partial charge < -0.3 is 10.5 Å². The van der Waals surface area contributed by atoms with E-state index in [0.29, 0.717) is 12.1 Å². The average Bonchev–Trinajstić information content (AvgIpc) is 3.19. The van der Waals surface area contributed by atoms with Gasteiger partial charge in [-0.3, -0.25) is 10.1 Å². The Balaban J connectivity index is 2.27. The Hall–Kier alpha value is -2.39. The zero-order valence-electron chi connectivity index (χ0n) is 10.8. The van der Waals surface area contributed by atoms with Crippen LogP contribution >= 0.6 is 0 Å². The predicted octanol–water partition coefficient (Wildman–Crippen LogP) is 2.07. The minimum absolute atomic E-state index is 0.123. The third kappa shape index (κ3) is 1.90. The van der Waals surface area contributed by atoms with E-state index in [1.165, 1.54) is 0 Å². The summed E-state index contributed by atoms with van der Waals surface area (Å²) in [7, 11) is 0. The van der Waals surface area contributed by atoms with Gasteiger partial charge in [-0.15, -0.1) is 0 Å². The summed E-state index contributed by atoms with van der Waals surface area (Å²) in [6.07, 6.45) is -3.80. The molecule has 1 saturated carbocycles. The van der Waals surface area contributed by atoms with Gasteiger partial charge in [0.05, 0.1) is 11.0 Å². The van der Waals surface area contributed by atoms with Crippen LogP contribution in [-0.4, -0.2) is 23.5 Å². The molecule has 0 aromatic heterocycles. The first kappa shape index (κ1) is 14.5. The van der Waals surface area contributed by atoms with Crippen molar-refractivity contribution < 1.29 is 27.2 Å². The number of rotatable bonds is 3. The third-order valence-corrected chi connectivity index (χ3v) is 3.85. The maximum Gasteiger partial charge on any atom is 0.283 e. The molecule has 0 spiro atoms. The van der Waals surface area contributed by atoms with Gasteiger partial charge >= 0.3 is 0 Å². The number of ether oxygens (including phenoxy) is 1. The van der Waals surface area contributed by atoms with Gasteiger partial charge in [-0.1, -0.05) is 0 Å². The predicted molar refractivity (Wildman–Crippen MR) is 65.3 cm³/mol. The molecule has 0 saturated heterocycles. The fourth-order valence-electron chi connectivity index (χ4n) is 2.77. The standard InChI is InChI=1S/C12H9F4N3O3/c13-7-2-4(19(20)21)1-6(9(7)14)12(10(15)16)5-3-8(5)22-11(17)18-12/h1-2,5,8,10H,3H2,(H2,17,18)/t5-,8?,12-/m0/s1. The van der Waals surface area contributed by atoms with Crippen molar-refractivity contribution in [1.82, 2.24) is 0 Å². The SMILES string of the molecule is NC1=N[C@@](c2cc([N+](=O)[O-])cc(F)c2F)(C(F)F)[C@H]2CC2O1. The zero-order chi connectivity index (χ0) is 16.2. The Kier molecular flexibility index (Phi) is 3.01. The monoisotopic (exact) mass is 319 g/mol. The van der Waals surface area contributed by atoms with E-state index in [1.54, 1.807) is 0 Å². The van der Waals surface area contributed by atoms with E-state index in [0.717, 1.165) is 0 Å². The number of benzene rings is 1. The number of halogens is 4. The molecule has 1 heterocycles. The molecule has 1 aromatic carbocycles. The van der Waals surface area contributed by atoms with Crippen molar-refractivity contribution in [2.75, 3.05) is 0 Å². The summed E-state index contributed by atoms with van der Waals surface area (Å²) in [6.45, 7) is 0. The van der Waals surface area contributed by atoms with Crippen LogP contribution < -0.4 is 5.73 Å². The van der Waals surface area contributed by atoms with Crippen molar-refractivity contribution in [3.8, 4) is 0 Å². The van der Waals surface area contributed by atoms with Crippen LogP contribution in [0.15, 0.2) is 17.1 Å². The van der Waals surface area contributed by atoms with E-state index in [4.69, 9.17) is 10.5 Å². The lowest BCUT2D eigenvalue weighted by molar-refractivity contribution is -0.385. The number of nitrogens with two attached hydrogens (primary N) is 1. The Labute approximate surface area is 120 Å².